The van der Waals surface area contributed by atoms with Gasteiger partial charge in [-0.25, -0.2) is 9.18 Å². The number of rotatable bonds is 3. The molecule has 0 saturated heterocycles. The molecule has 1 N–H and O–H groups in total. The van der Waals surface area contributed by atoms with E-state index in [4.69, 9.17) is 0 Å². The van der Waals surface area contributed by atoms with Crippen molar-refractivity contribution in [2.45, 2.75) is 6.18 Å². The van der Waals surface area contributed by atoms with Gasteiger partial charge in [0.2, 0.25) is 0 Å². The van der Waals surface area contributed by atoms with Gasteiger partial charge in [-0.3, -0.25) is 15.4 Å². The largest absolute Gasteiger partial charge is 0.440 e. The highest BCUT2D eigenvalue weighted by Gasteiger charge is 2.30. The minimum atomic E-state index is -4.72. The number of ether oxygens (including phenoxy) is 1. The summed E-state index contributed by atoms with van der Waals surface area (Å²) in [6.07, 6.45) is -6.25. The highest BCUT2D eigenvalue weighted by atomic mass is 19.4. The Bertz CT molecular complexity index is 503. The van der Waals surface area contributed by atoms with Gasteiger partial charge in [-0.05, 0) is 12.1 Å². The lowest BCUT2D eigenvalue weighted by Crippen LogP contribution is -2.23. The van der Waals surface area contributed by atoms with Crippen LogP contribution in [0.2, 0.25) is 0 Å². The molecule has 1 rings (SSSR count). The fourth-order valence-electron chi connectivity index (χ4n) is 1.05. The lowest BCUT2D eigenvalue weighted by Gasteiger charge is -2.09. The van der Waals surface area contributed by atoms with Crippen molar-refractivity contribution in [3.8, 4) is 0 Å². The van der Waals surface area contributed by atoms with Crippen molar-refractivity contribution in [2.75, 3.05) is 11.9 Å². The second-order valence-electron chi connectivity index (χ2n) is 3.23. The fraction of sp³-hybridized carbons (Fsp3) is 0.222. The van der Waals surface area contributed by atoms with Crippen LogP contribution in [-0.2, 0) is 4.74 Å². The predicted octanol–water partition coefficient (Wildman–Crippen LogP) is 2.84. The summed E-state index contributed by atoms with van der Waals surface area (Å²) in [5.41, 5.74) is -1.28. The van der Waals surface area contributed by atoms with Crippen molar-refractivity contribution >= 4 is 17.5 Å². The molecular formula is C9H6F4N2O4. The van der Waals surface area contributed by atoms with Crippen LogP contribution >= 0.6 is 0 Å². The number of nitro groups is 1. The molecule has 0 aliphatic rings. The predicted molar refractivity (Wildman–Crippen MR) is 54.1 cm³/mol. The highest BCUT2D eigenvalue weighted by Crippen LogP contribution is 2.25. The molecule has 0 spiro atoms. The molecule has 0 atom stereocenters. The van der Waals surface area contributed by atoms with Crippen LogP contribution in [-0.4, -0.2) is 23.8 Å². The summed E-state index contributed by atoms with van der Waals surface area (Å²) in [7, 11) is 0. The smallest absolute Gasteiger partial charge is 0.422 e. The first-order valence-electron chi connectivity index (χ1n) is 4.63. The van der Waals surface area contributed by atoms with E-state index in [1.807, 2.05) is 0 Å². The average molecular weight is 282 g/mol. The van der Waals surface area contributed by atoms with Gasteiger partial charge in [0.05, 0.1) is 11.0 Å². The van der Waals surface area contributed by atoms with Crippen LogP contribution in [0.4, 0.5) is 33.7 Å². The number of hydrogen-bond donors (Lipinski definition) is 1. The second kappa shape index (κ2) is 5.50. The molecule has 0 aliphatic heterocycles. The fourth-order valence-corrected chi connectivity index (χ4v) is 1.05. The Labute approximate surface area is 103 Å². The highest BCUT2D eigenvalue weighted by molar-refractivity contribution is 5.87. The quantitative estimate of drug-likeness (QED) is 0.525. The Morgan fingerprint density at radius 3 is 2.58 bits per heavy atom. The van der Waals surface area contributed by atoms with Crippen molar-refractivity contribution in [2.24, 2.45) is 0 Å². The maximum atomic E-state index is 12.8. The zero-order chi connectivity index (χ0) is 14.6. The van der Waals surface area contributed by atoms with Crippen molar-refractivity contribution in [1.82, 2.24) is 0 Å². The maximum absolute atomic E-state index is 12.8. The van der Waals surface area contributed by atoms with Crippen molar-refractivity contribution in [3.63, 3.8) is 0 Å². The first-order chi connectivity index (χ1) is 8.69. The van der Waals surface area contributed by atoms with E-state index in [9.17, 15) is 32.5 Å². The van der Waals surface area contributed by atoms with E-state index in [0.717, 1.165) is 12.1 Å². The number of nitrogens with one attached hydrogen (secondary N) is 1. The lowest BCUT2D eigenvalue weighted by molar-refractivity contribution is -0.384. The van der Waals surface area contributed by atoms with Gasteiger partial charge in [-0.15, -0.1) is 0 Å². The Morgan fingerprint density at radius 1 is 1.42 bits per heavy atom. The molecule has 1 aromatic carbocycles. The van der Waals surface area contributed by atoms with Crippen LogP contribution in [0.25, 0.3) is 0 Å². The number of amides is 1. The van der Waals surface area contributed by atoms with E-state index in [-0.39, 0.29) is 0 Å². The van der Waals surface area contributed by atoms with Gasteiger partial charge >= 0.3 is 12.3 Å². The van der Waals surface area contributed by atoms with E-state index >= 15 is 0 Å². The summed E-state index contributed by atoms with van der Waals surface area (Å²) in [6.45, 7) is -1.84. The number of halogens is 4. The molecule has 6 nitrogen and oxygen atoms in total. The zero-order valence-electron chi connectivity index (χ0n) is 9.03. The second-order valence-corrected chi connectivity index (χ2v) is 3.23. The molecule has 19 heavy (non-hydrogen) atoms. The topological polar surface area (TPSA) is 81.5 Å². The Morgan fingerprint density at radius 2 is 2.05 bits per heavy atom. The maximum Gasteiger partial charge on any atom is 0.422 e. The first-order valence-corrected chi connectivity index (χ1v) is 4.63. The van der Waals surface area contributed by atoms with Gasteiger partial charge < -0.3 is 4.74 Å². The summed E-state index contributed by atoms with van der Waals surface area (Å²) in [4.78, 5) is 20.5. The number of carbonyl (C=O) groups excluding carboxylic acids is 1. The number of benzene rings is 1. The summed E-state index contributed by atoms with van der Waals surface area (Å²) in [5, 5.41) is 12.3. The number of alkyl halides is 3. The molecule has 0 heterocycles. The summed E-state index contributed by atoms with van der Waals surface area (Å²) < 4.78 is 51.8. The number of nitrogens with zero attached hydrogens (tertiary/aromatic N) is 1. The van der Waals surface area contributed by atoms with E-state index < -0.39 is 41.0 Å². The number of anilines is 1. The van der Waals surface area contributed by atoms with Crippen molar-refractivity contribution < 1.29 is 32.0 Å². The van der Waals surface area contributed by atoms with Gasteiger partial charge in [-0.1, -0.05) is 0 Å². The average Bonchev–Trinajstić information content (AvgIpc) is 2.28. The Balaban J connectivity index is 2.77. The monoisotopic (exact) mass is 282 g/mol. The van der Waals surface area contributed by atoms with Gasteiger partial charge in [0.1, 0.15) is 11.5 Å². The minimum absolute atomic E-state index is 0.474. The molecule has 1 aromatic rings. The molecule has 0 bridgehead atoms. The van der Waals surface area contributed by atoms with Crippen LogP contribution in [0, 0.1) is 15.9 Å². The Kier molecular flexibility index (Phi) is 4.25. The van der Waals surface area contributed by atoms with Gasteiger partial charge in [-0.2, -0.15) is 13.2 Å². The molecule has 0 fully saturated rings. The molecule has 0 saturated carbocycles. The SMILES string of the molecule is O=C(Nc1ccc(F)cc1[N+](=O)[O-])OCC(F)(F)F. The molecule has 0 radical (unpaired) electrons. The normalized spacial score (nSPS) is 10.9. The van der Waals surface area contributed by atoms with Gasteiger partial charge in [0.15, 0.2) is 6.61 Å². The molecule has 104 valence electrons. The van der Waals surface area contributed by atoms with Crippen LogP contribution in [0.15, 0.2) is 18.2 Å². The van der Waals surface area contributed by atoms with E-state index in [1.165, 1.54) is 0 Å². The third kappa shape index (κ3) is 4.77. The summed E-state index contributed by atoms with van der Waals surface area (Å²) in [5.74, 6) is -0.930. The van der Waals surface area contributed by atoms with Crippen molar-refractivity contribution in [3.05, 3.63) is 34.1 Å². The molecule has 1 amide bonds. The number of hydrogen-bond acceptors (Lipinski definition) is 4. The molecule has 0 unspecified atom stereocenters. The van der Waals surface area contributed by atoms with Crippen LogP contribution in [0.5, 0.6) is 0 Å². The number of carbonyl (C=O) groups is 1. The standard InChI is InChI=1S/C9H6F4N2O4/c10-5-1-2-6(7(3-5)15(17)18)14-8(16)19-4-9(11,12)13/h1-3H,4H2,(H,14,16). The van der Waals surface area contributed by atoms with E-state index in [2.05, 4.69) is 4.74 Å². The van der Waals surface area contributed by atoms with E-state index in [0.29, 0.717) is 6.07 Å². The third-order valence-corrected chi connectivity index (χ3v) is 1.76. The van der Waals surface area contributed by atoms with Crippen LogP contribution < -0.4 is 5.32 Å². The number of nitro benzene ring substituents is 1. The lowest BCUT2D eigenvalue weighted by atomic mass is 10.2. The summed E-state index contributed by atoms with van der Waals surface area (Å²) in [6, 6.07) is 2.15. The zero-order valence-corrected chi connectivity index (χ0v) is 9.03. The first kappa shape index (κ1) is 14.7. The van der Waals surface area contributed by atoms with Crippen LogP contribution in [0.3, 0.4) is 0 Å². The molecule has 0 aliphatic carbocycles. The molecular weight excluding hydrogens is 276 g/mol. The van der Waals surface area contributed by atoms with Crippen LogP contribution in [0.1, 0.15) is 0 Å². The van der Waals surface area contributed by atoms with Crippen molar-refractivity contribution in [1.29, 1.82) is 0 Å². The van der Waals surface area contributed by atoms with Gasteiger partial charge in [0.25, 0.3) is 5.69 Å². The summed E-state index contributed by atoms with van der Waals surface area (Å²) >= 11 is 0. The Hall–Kier alpha value is -2.39. The minimum Gasteiger partial charge on any atom is -0.440 e. The molecule has 10 heteroatoms. The van der Waals surface area contributed by atoms with E-state index in [1.54, 1.807) is 5.32 Å². The third-order valence-electron chi connectivity index (χ3n) is 1.76. The van der Waals surface area contributed by atoms with Gasteiger partial charge in [0, 0.05) is 0 Å². The molecule has 0 aromatic heterocycles.